The molecule has 0 bridgehead atoms. The monoisotopic (exact) mass is 659 g/mol. The van der Waals surface area contributed by atoms with Gasteiger partial charge in [0, 0.05) is 52.5 Å². The lowest BCUT2D eigenvalue weighted by Gasteiger charge is -2.22. The Morgan fingerprint density at radius 2 is 0.891 bits per heavy atom. The lowest BCUT2D eigenvalue weighted by Crippen LogP contribution is -2.25. The fourth-order valence-electron chi connectivity index (χ4n) is 6.30. The van der Waals surface area contributed by atoms with Crippen LogP contribution in [0.3, 0.4) is 0 Å². The van der Waals surface area contributed by atoms with Crippen LogP contribution >= 0.6 is 0 Å². The standard InChI is InChI=1S/C37H70O9/c38-27-25-33(21-13-9-5-1-3-7-11-17-29-41-35-23-15-19-31-43-35)45-37(40)46-34(26-28-39)22-14-10-6-2-4-8-12-18-30-42-36-24-16-20-32-44-36/h33-36,38-39H,1-32H2. The van der Waals surface area contributed by atoms with Gasteiger partial charge in [-0.05, 0) is 77.0 Å². The maximum absolute atomic E-state index is 12.5. The Bertz CT molecular complexity index is 613. The first-order valence-corrected chi connectivity index (χ1v) is 19.3. The molecule has 4 unspecified atom stereocenters. The minimum Gasteiger partial charge on any atom is -0.431 e. The first-order valence-electron chi connectivity index (χ1n) is 19.3. The van der Waals surface area contributed by atoms with E-state index in [2.05, 4.69) is 0 Å². The molecular formula is C37H70O9. The van der Waals surface area contributed by atoms with E-state index in [4.69, 9.17) is 28.4 Å². The Hall–Kier alpha value is -0.970. The second-order valence-electron chi connectivity index (χ2n) is 13.3. The van der Waals surface area contributed by atoms with Gasteiger partial charge in [0.05, 0.1) is 0 Å². The molecule has 0 aromatic heterocycles. The van der Waals surface area contributed by atoms with E-state index in [1.54, 1.807) is 0 Å². The summed E-state index contributed by atoms with van der Waals surface area (Å²) in [5.41, 5.74) is 0. The molecule has 4 atom stereocenters. The minimum absolute atomic E-state index is 0.0161. The van der Waals surface area contributed by atoms with Gasteiger partial charge < -0.3 is 38.6 Å². The molecule has 2 heterocycles. The summed E-state index contributed by atoms with van der Waals surface area (Å²) in [5.74, 6) is 0. The Morgan fingerprint density at radius 3 is 1.24 bits per heavy atom. The lowest BCUT2D eigenvalue weighted by atomic mass is 10.0. The number of ether oxygens (including phenoxy) is 6. The molecule has 9 nitrogen and oxygen atoms in total. The maximum atomic E-state index is 12.5. The largest absolute Gasteiger partial charge is 0.508 e. The van der Waals surface area contributed by atoms with Crippen LogP contribution in [0.1, 0.15) is 167 Å². The maximum Gasteiger partial charge on any atom is 0.508 e. The zero-order valence-electron chi connectivity index (χ0n) is 29.2. The van der Waals surface area contributed by atoms with Gasteiger partial charge in [-0.2, -0.15) is 0 Å². The van der Waals surface area contributed by atoms with Crippen molar-refractivity contribution in [1.29, 1.82) is 0 Å². The molecule has 0 aliphatic carbocycles. The van der Waals surface area contributed by atoms with E-state index < -0.39 is 6.16 Å². The van der Waals surface area contributed by atoms with Gasteiger partial charge >= 0.3 is 6.16 Å². The molecule has 46 heavy (non-hydrogen) atoms. The Balaban J connectivity index is 1.41. The van der Waals surface area contributed by atoms with Crippen LogP contribution in [0.15, 0.2) is 0 Å². The highest BCUT2D eigenvalue weighted by molar-refractivity contribution is 5.60. The third kappa shape index (κ3) is 23.4. The summed E-state index contributed by atoms with van der Waals surface area (Å²) in [7, 11) is 0. The fraction of sp³-hybridized carbons (Fsp3) is 0.973. The van der Waals surface area contributed by atoms with Crippen LogP contribution in [0.5, 0.6) is 0 Å². The summed E-state index contributed by atoms with van der Waals surface area (Å²) in [4.78, 5) is 12.5. The van der Waals surface area contributed by atoms with E-state index in [0.717, 1.165) is 103 Å². The van der Waals surface area contributed by atoms with Gasteiger partial charge in [-0.3, -0.25) is 0 Å². The SMILES string of the molecule is O=C(OC(CCO)CCCCCCCCCCOC1CCCCO1)OC(CCO)CCCCCCCCCCOC1CCCCO1. The summed E-state index contributed by atoms with van der Waals surface area (Å²) in [5, 5.41) is 18.9. The molecular weight excluding hydrogens is 588 g/mol. The topological polar surface area (TPSA) is 113 Å². The van der Waals surface area contributed by atoms with Gasteiger partial charge in [0.1, 0.15) is 12.2 Å². The van der Waals surface area contributed by atoms with Crippen molar-refractivity contribution in [3.63, 3.8) is 0 Å². The first-order chi connectivity index (χ1) is 22.7. The van der Waals surface area contributed by atoms with E-state index >= 15 is 0 Å². The number of aliphatic hydroxyl groups is 2. The summed E-state index contributed by atoms with van der Waals surface area (Å²) in [6.07, 6.45) is 26.3. The van der Waals surface area contributed by atoms with Crippen LogP contribution in [0.25, 0.3) is 0 Å². The summed E-state index contributed by atoms with van der Waals surface area (Å²) in [6, 6.07) is 0. The normalized spacial score (nSPS) is 20.0. The fourth-order valence-corrected chi connectivity index (χ4v) is 6.30. The number of carbonyl (C=O) groups excluding carboxylic acids is 1. The van der Waals surface area contributed by atoms with Gasteiger partial charge in [0.2, 0.25) is 0 Å². The average molecular weight is 659 g/mol. The zero-order chi connectivity index (χ0) is 32.8. The molecule has 2 rings (SSSR count). The van der Waals surface area contributed by atoms with Crippen LogP contribution in [-0.4, -0.2) is 80.8 Å². The molecule has 0 spiro atoms. The molecule has 2 saturated heterocycles. The highest BCUT2D eigenvalue weighted by Crippen LogP contribution is 2.19. The predicted octanol–water partition coefficient (Wildman–Crippen LogP) is 8.75. The average Bonchev–Trinajstić information content (AvgIpc) is 3.07. The Kier molecular flexibility index (Phi) is 27.0. The third-order valence-electron chi connectivity index (χ3n) is 9.15. The van der Waals surface area contributed by atoms with Crippen molar-refractivity contribution >= 4 is 6.16 Å². The van der Waals surface area contributed by atoms with Gasteiger partial charge in [-0.25, -0.2) is 4.79 Å². The van der Waals surface area contributed by atoms with Gasteiger partial charge in [-0.15, -0.1) is 0 Å². The molecule has 0 aromatic carbocycles. The molecule has 2 fully saturated rings. The van der Waals surface area contributed by atoms with Gasteiger partial charge in [0.15, 0.2) is 12.6 Å². The van der Waals surface area contributed by atoms with Crippen molar-refractivity contribution < 1.29 is 43.4 Å². The number of hydrogen-bond acceptors (Lipinski definition) is 9. The molecule has 0 aromatic rings. The number of hydrogen-bond donors (Lipinski definition) is 2. The number of aliphatic hydroxyl groups excluding tert-OH is 2. The van der Waals surface area contributed by atoms with Crippen LogP contribution in [0.2, 0.25) is 0 Å². The second-order valence-corrected chi connectivity index (χ2v) is 13.3. The van der Waals surface area contributed by atoms with Crippen molar-refractivity contribution in [2.24, 2.45) is 0 Å². The molecule has 2 aliphatic rings. The van der Waals surface area contributed by atoms with Crippen molar-refractivity contribution in [1.82, 2.24) is 0 Å². The van der Waals surface area contributed by atoms with Crippen LogP contribution in [-0.2, 0) is 28.4 Å². The number of carbonyl (C=O) groups is 1. The zero-order valence-corrected chi connectivity index (χ0v) is 29.2. The van der Waals surface area contributed by atoms with Crippen LogP contribution in [0.4, 0.5) is 4.79 Å². The second kappa shape index (κ2) is 30.1. The highest BCUT2D eigenvalue weighted by atomic mass is 16.7. The highest BCUT2D eigenvalue weighted by Gasteiger charge is 2.20. The predicted molar refractivity (Wildman–Crippen MR) is 181 cm³/mol. The molecule has 0 radical (unpaired) electrons. The van der Waals surface area contributed by atoms with Crippen molar-refractivity contribution in [2.75, 3.05) is 39.6 Å². The van der Waals surface area contributed by atoms with E-state index in [9.17, 15) is 15.0 Å². The van der Waals surface area contributed by atoms with E-state index in [1.165, 1.54) is 77.0 Å². The van der Waals surface area contributed by atoms with Gasteiger partial charge in [0.25, 0.3) is 0 Å². The van der Waals surface area contributed by atoms with Crippen LogP contribution in [0, 0.1) is 0 Å². The first kappa shape index (κ1) is 41.2. The molecule has 272 valence electrons. The van der Waals surface area contributed by atoms with Crippen molar-refractivity contribution in [2.45, 2.75) is 192 Å². The lowest BCUT2D eigenvalue weighted by molar-refractivity contribution is -0.163. The van der Waals surface area contributed by atoms with Crippen molar-refractivity contribution in [3.05, 3.63) is 0 Å². The molecule has 0 amide bonds. The number of rotatable bonds is 30. The van der Waals surface area contributed by atoms with E-state index in [-0.39, 0.29) is 38.0 Å². The number of unbranched alkanes of at least 4 members (excludes halogenated alkanes) is 14. The molecule has 0 saturated carbocycles. The van der Waals surface area contributed by atoms with Crippen LogP contribution < -0.4 is 0 Å². The smallest absolute Gasteiger partial charge is 0.431 e. The quantitative estimate of drug-likeness (QED) is 0.0578. The summed E-state index contributed by atoms with van der Waals surface area (Å²) >= 11 is 0. The van der Waals surface area contributed by atoms with E-state index in [1.807, 2.05) is 0 Å². The van der Waals surface area contributed by atoms with Gasteiger partial charge in [-0.1, -0.05) is 77.0 Å². The summed E-state index contributed by atoms with van der Waals surface area (Å²) < 4.78 is 34.0. The summed E-state index contributed by atoms with van der Waals surface area (Å²) in [6.45, 7) is 3.24. The van der Waals surface area contributed by atoms with E-state index in [0.29, 0.717) is 12.8 Å². The molecule has 2 N–H and O–H groups in total. The third-order valence-corrected chi connectivity index (χ3v) is 9.15. The Morgan fingerprint density at radius 1 is 0.522 bits per heavy atom. The Labute approximate surface area is 280 Å². The van der Waals surface area contributed by atoms with Crippen molar-refractivity contribution in [3.8, 4) is 0 Å². The minimum atomic E-state index is -0.671. The molecule has 9 heteroatoms. The molecule has 2 aliphatic heterocycles.